The highest BCUT2D eigenvalue weighted by molar-refractivity contribution is 5.31. The van der Waals surface area contributed by atoms with E-state index in [1.807, 2.05) is 42.5 Å². The molecule has 118 valence electrons. The number of rotatable bonds is 8. The molecular formula is C18H24NO3+. The van der Waals surface area contributed by atoms with E-state index in [9.17, 15) is 5.11 Å². The molecule has 0 spiro atoms. The Morgan fingerprint density at radius 3 is 2.27 bits per heavy atom. The van der Waals surface area contributed by atoms with Crippen LogP contribution in [0.5, 0.6) is 11.5 Å². The lowest BCUT2D eigenvalue weighted by molar-refractivity contribution is -0.698. The zero-order valence-electron chi connectivity index (χ0n) is 13.1. The molecule has 0 bridgehead atoms. The van der Waals surface area contributed by atoms with Gasteiger partial charge in [0.2, 0.25) is 0 Å². The summed E-state index contributed by atoms with van der Waals surface area (Å²) in [4.78, 5) is 0. The standard InChI is InChI=1S/C18H23NO3/c1-14(15-6-4-3-5-7-15)19-12-16(20)13-22-18-10-8-17(21-2)9-11-18/h3-11,14,16,19-20H,12-13H2,1-2H3/p+1/t14-,16+/m1/s1. The number of quaternary nitrogens is 1. The fourth-order valence-electron chi connectivity index (χ4n) is 2.19. The van der Waals surface area contributed by atoms with E-state index < -0.39 is 6.10 Å². The SMILES string of the molecule is COc1ccc(OC[C@@H](O)C[NH2+][C@H](C)c2ccccc2)cc1. The summed E-state index contributed by atoms with van der Waals surface area (Å²) in [6, 6.07) is 17.9. The van der Waals surface area contributed by atoms with Gasteiger partial charge < -0.3 is 19.9 Å². The van der Waals surface area contributed by atoms with Gasteiger partial charge >= 0.3 is 0 Å². The monoisotopic (exact) mass is 302 g/mol. The number of methoxy groups -OCH3 is 1. The number of aliphatic hydroxyl groups excluding tert-OH is 1. The van der Waals surface area contributed by atoms with E-state index in [1.165, 1.54) is 5.56 Å². The summed E-state index contributed by atoms with van der Waals surface area (Å²) in [5.74, 6) is 1.52. The van der Waals surface area contributed by atoms with Crippen LogP contribution in [0, 0.1) is 0 Å². The molecule has 2 atom stereocenters. The lowest BCUT2D eigenvalue weighted by Crippen LogP contribution is -2.87. The number of nitrogens with two attached hydrogens (primary N) is 1. The van der Waals surface area contributed by atoms with E-state index in [-0.39, 0.29) is 6.61 Å². The molecule has 0 fully saturated rings. The molecule has 0 saturated heterocycles. The Bertz CT molecular complexity index is 542. The highest BCUT2D eigenvalue weighted by Gasteiger charge is 2.12. The highest BCUT2D eigenvalue weighted by Crippen LogP contribution is 2.17. The smallest absolute Gasteiger partial charge is 0.137 e. The molecule has 0 amide bonds. The topological polar surface area (TPSA) is 55.3 Å². The molecule has 4 nitrogen and oxygen atoms in total. The van der Waals surface area contributed by atoms with Crippen molar-refractivity contribution < 1.29 is 19.9 Å². The van der Waals surface area contributed by atoms with Gasteiger partial charge in [-0.25, -0.2) is 0 Å². The number of hydrogen-bond donors (Lipinski definition) is 2. The molecule has 0 heterocycles. The molecule has 3 N–H and O–H groups in total. The van der Waals surface area contributed by atoms with Gasteiger partial charge in [0, 0.05) is 5.56 Å². The first-order valence-electron chi connectivity index (χ1n) is 7.52. The molecular weight excluding hydrogens is 278 g/mol. The summed E-state index contributed by atoms with van der Waals surface area (Å²) in [6.45, 7) is 3.02. The molecule has 0 unspecified atom stereocenters. The third-order valence-electron chi connectivity index (χ3n) is 3.59. The van der Waals surface area contributed by atoms with Crippen LogP contribution in [0.2, 0.25) is 0 Å². The van der Waals surface area contributed by atoms with Gasteiger partial charge in [-0.1, -0.05) is 30.3 Å². The first-order chi connectivity index (χ1) is 10.7. The second-order valence-corrected chi connectivity index (χ2v) is 5.31. The fourth-order valence-corrected chi connectivity index (χ4v) is 2.19. The van der Waals surface area contributed by atoms with Gasteiger partial charge in [-0.15, -0.1) is 0 Å². The molecule has 0 radical (unpaired) electrons. The quantitative estimate of drug-likeness (QED) is 0.781. The molecule has 0 aliphatic carbocycles. The van der Waals surface area contributed by atoms with E-state index in [2.05, 4.69) is 24.4 Å². The van der Waals surface area contributed by atoms with Crippen molar-refractivity contribution in [2.24, 2.45) is 0 Å². The minimum Gasteiger partial charge on any atom is -0.497 e. The maximum Gasteiger partial charge on any atom is 0.137 e. The van der Waals surface area contributed by atoms with Crippen LogP contribution in [0.1, 0.15) is 18.5 Å². The van der Waals surface area contributed by atoms with Crippen LogP contribution >= 0.6 is 0 Å². The predicted octanol–water partition coefficient (Wildman–Crippen LogP) is 1.76. The zero-order chi connectivity index (χ0) is 15.8. The largest absolute Gasteiger partial charge is 0.497 e. The Kier molecular flexibility index (Phi) is 6.25. The predicted molar refractivity (Wildman–Crippen MR) is 86.1 cm³/mol. The minimum atomic E-state index is -0.506. The minimum absolute atomic E-state index is 0.282. The molecule has 0 aliphatic rings. The summed E-state index contributed by atoms with van der Waals surface area (Å²) < 4.78 is 10.7. The van der Waals surface area contributed by atoms with Gasteiger partial charge in [-0.3, -0.25) is 0 Å². The van der Waals surface area contributed by atoms with Gasteiger partial charge in [0.25, 0.3) is 0 Å². The van der Waals surface area contributed by atoms with Crippen molar-refractivity contribution in [2.45, 2.75) is 19.1 Å². The summed E-state index contributed by atoms with van der Waals surface area (Å²) in [7, 11) is 1.63. The molecule has 2 aromatic carbocycles. The van der Waals surface area contributed by atoms with E-state index >= 15 is 0 Å². The van der Waals surface area contributed by atoms with Crippen molar-refractivity contribution in [2.75, 3.05) is 20.3 Å². The number of ether oxygens (including phenoxy) is 2. The third-order valence-corrected chi connectivity index (χ3v) is 3.59. The summed E-state index contributed by atoms with van der Waals surface area (Å²) >= 11 is 0. The molecule has 0 saturated carbocycles. The molecule has 0 aliphatic heterocycles. The first-order valence-corrected chi connectivity index (χ1v) is 7.52. The molecule has 0 aromatic heterocycles. The van der Waals surface area contributed by atoms with Crippen LogP contribution in [0.4, 0.5) is 0 Å². The van der Waals surface area contributed by atoms with Gasteiger partial charge in [-0.2, -0.15) is 0 Å². The van der Waals surface area contributed by atoms with Crippen LogP contribution < -0.4 is 14.8 Å². The van der Waals surface area contributed by atoms with E-state index in [1.54, 1.807) is 7.11 Å². The summed E-state index contributed by atoms with van der Waals surface area (Å²) in [5, 5.41) is 12.1. The van der Waals surface area contributed by atoms with Crippen molar-refractivity contribution in [3.05, 3.63) is 60.2 Å². The van der Waals surface area contributed by atoms with Gasteiger partial charge in [0.15, 0.2) is 0 Å². The van der Waals surface area contributed by atoms with Gasteiger partial charge in [-0.05, 0) is 31.2 Å². The first kappa shape index (κ1) is 16.3. The fraction of sp³-hybridized carbons (Fsp3) is 0.333. The summed E-state index contributed by atoms with van der Waals surface area (Å²) in [5.41, 5.74) is 1.26. The normalized spacial score (nSPS) is 13.4. The molecule has 4 heteroatoms. The Balaban J connectivity index is 1.72. The van der Waals surface area contributed by atoms with Crippen molar-refractivity contribution >= 4 is 0 Å². The van der Waals surface area contributed by atoms with Crippen molar-refractivity contribution in [3.63, 3.8) is 0 Å². The maximum atomic E-state index is 10.0. The average Bonchev–Trinajstić information content (AvgIpc) is 2.59. The molecule has 22 heavy (non-hydrogen) atoms. The van der Waals surface area contributed by atoms with Crippen molar-refractivity contribution in [3.8, 4) is 11.5 Å². The van der Waals surface area contributed by atoms with Gasteiger partial charge in [0.1, 0.15) is 36.8 Å². The second-order valence-electron chi connectivity index (χ2n) is 5.31. The molecule has 2 aromatic rings. The van der Waals surface area contributed by atoms with Crippen LogP contribution in [-0.4, -0.2) is 31.5 Å². The Morgan fingerprint density at radius 1 is 1.00 bits per heavy atom. The zero-order valence-corrected chi connectivity index (χ0v) is 13.1. The maximum absolute atomic E-state index is 10.0. The Hall–Kier alpha value is -2.04. The van der Waals surface area contributed by atoms with Crippen LogP contribution in [0.25, 0.3) is 0 Å². The lowest BCUT2D eigenvalue weighted by atomic mass is 10.1. The average molecular weight is 302 g/mol. The van der Waals surface area contributed by atoms with Crippen LogP contribution in [0.3, 0.4) is 0 Å². The van der Waals surface area contributed by atoms with E-state index in [4.69, 9.17) is 9.47 Å². The number of hydrogen-bond acceptors (Lipinski definition) is 3. The van der Waals surface area contributed by atoms with Gasteiger partial charge in [0.05, 0.1) is 7.11 Å². The van der Waals surface area contributed by atoms with Crippen molar-refractivity contribution in [1.29, 1.82) is 0 Å². The highest BCUT2D eigenvalue weighted by atomic mass is 16.5. The third kappa shape index (κ3) is 5.06. The lowest BCUT2D eigenvalue weighted by Gasteiger charge is -2.15. The number of aliphatic hydroxyl groups is 1. The molecule has 2 rings (SSSR count). The van der Waals surface area contributed by atoms with Crippen molar-refractivity contribution in [1.82, 2.24) is 0 Å². The van der Waals surface area contributed by atoms with E-state index in [0.29, 0.717) is 12.6 Å². The Morgan fingerprint density at radius 2 is 1.64 bits per heavy atom. The van der Waals surface area contributed by atoms with Crippen LogP contribution in [-0.2, 0) is 0 Å². The van der Waals surface area contributed by atoms with Crippen LogP contribution in [0.15, 0.2) is 54.6 Å². The Labute approximate surface area is 131 Å². The van der Waals surface area contributed by atoms with E-state index in [0.717, 1.165) is 11.5 Å². The summed E-state index contributed by atoms with van der Waals surface area (Å²) in [6.07, 6.45) is -0.506. The number of benzene rings is 2. The second kappa shape index (κ2) is 8.41.